The molecule has 3 aromatic rings. The quantitative estimate of drug-likeness (QED) is 0.782. The summed E-state index contributed by atoms with van der Waals surface area (Å²) in [6.45, 7) is 10.8. The van der Waals surface area contributed by atoms with Gasteiger partial charge >= 0.3 is 0 Å². The fourth-order valence-corrected chi connectivity index (χ4v) is 3.79. The minimum absolute atomic E-state index is 0.390. The first-order chi connectivity index (χ1) is 12.5. The lowest BCUT2D eigenvalue weighted by Crippen LogP contribution is -2.34. The van der Waals surface area contributed by atoms with Gasteiger partial charge in [0.05, 0.1) is 17.1 Å². The van der Waals surface area contributed by atoms with E-state index in [0.717, 1.165) is 55.2 Å². The molecule has 1 aliphatic heterocycles. The average Bonchev–Trinajstić information content (AvgIpc) is 3.17. The first-order valence-corrected chi connectivity index (χ1v) is 9.06. The molecule has 1 aliphatic rings. The Morgan fingerprint density at radius 3 is 2.92 bits per heavy atom. The SMILES string of the molecule is C=Cn1cc(CN2CCC[C@@H](c3cc(N)n4nc(C)cc4n3)C2)c(C)n1. The third-order valence-electron chi connectivity index (χ3n) is 5.12. The maximum Gasteiger partial charge on any atom is 0.157 e. The van der Waals surface area contributed by atoms with E-state index in [1.165, 1.54) is 5.56 Å². The highest BCUT2D eigenvalue weighted by Crippen LogP contribution is 2.28. The minimum atomic E-state index is 0.390. The third-order valence-corrected chi connectivity index (χ3v) is 5.12. The number of aryl methyl sites for hydroxylation is 2. The standard InChI is InChI=1S/C19H25N7/c1-4-25-12-16(14(3)23-25)11-24-7-5-6-15(10-24)17-9-18(20)26-19(21-17)8-13(2)22-26/h4,8-9,12,15H,1,5-7,10-11,20H2,2-3H3/t15-/m1/s1. The van der Waals surface area contributed by atoms with Crippen LogP contribution in [0.25, 0.3) is 11.8 Å². The largest absolute Gasteiger partial charge is 0.384 e. The summed E-state index contributed by atoms with van der Waals surface area (Å²) in [5, 5.41) is 8.84. The Bertz CT molecular complexity index is 952. The number of anilines is 1. The molecule has 0 amide bonds. The van der Waals surface area contributed by atoms with Crippen LogP contribution in [0.15, 0.2) is 24.9 Å². The van der Waals surface area contributed by atoms with Crippen molar-refractivity contribution in [1.82, 2.24) is 29.3 Å². The molecular formula is C19H25N7. The fourth-order valence-electron chi connectivity index (χ4n) is 3.79. The van der Waals surface area contributed by atoms with E-state index < -0.39 is 0 Å². The molecule has 0 saturated carbocycles. The van der Waals surface area contributed by atoms with E-state index in [2.05, 4.69) is 34.8 Å². The number of rotatable bonds is 4. The second kappa shape index (κ2) is 6.57. The van der Waals surface area contributed by atoms with Crippen LogP contribution >= 0.6 is 0 Å². The van der Waals surface area contributed by atoms with Crippen molar-refractivity contribution < 1.29 is 0 Å². The lowest BCUT2D eigenvalue weighted by molar-refractivity contribution is 0.198. The lowest BCUT2D eigenvalue weighted by Gasteiger charge is -2.32. The monoisotopic (exact) mass is 351 g/mol. The van der Waals surface area contributed by atoms with Crippen molar-refractivity contribution in [1.29, 1.82) is 0 Å². The van der Waals surface area contributed by atoms with Crippen molar-refractivity contribution in [2.45, 2.75) is 39.2 Å². The van der Waals surface area contributed by atoms with Crippen LogP contribution in [0.2, 0.25) is 0 Å². The zero-order valence-electron chi connectivity index (χ0n) is 15.4. The zero-order chi connectivity index (χ0) is 18.3. The summed E-state index contributed by atoms with van der Waals surface area (Å²) in [5.41, 5.74) is 11.3. The van der Waals surface area contributed by atoms with Gasteiger partial charge in [0.2, 0.25) is 0 Å². The summed E-state index contributed by atoms with van der Waals surface area (Å²) in [4.78, 5) is 7.30. The molecule has 4 rings (SSSR count). The number of nitrogens with two attached hydrogens (primary N) is 1. The number of hydrogen-bond donors (Lipinski definition) is 1. The highest BCUT2D eigenvalue weighted by Gasteiger charge is 2.24. The normalized spacial score (nSPS) is 18.5. The highest BCUT2D eigenvalue weighted by molar-refractivity contribution is 5.48. The van der Waals surface area contributed by atoms with Crippen molar-refractivity contribution in [3.8, 4) is 0 Å². The minimum Gasteiger partial charge on any atom is -0.384 e. The molecule has 1 atom stereocenters. The van der Waals surface area contributed by atoms with Gasteiger partial charge in [-0.15, -0.1) is 0 Å². The molecule has 136 valence electrons. The van der Waals surface area contributed by atoms with Gasteiger partial charge in [0.15, 0.2) is 5.65 Å². The Hall–Kier alpha value is -2.67. The molecule has 1 fully saturated rings. The molecule has 0 aliphatic carbocycles. The number of fused-ring (bicyclic) bond motifs is 1. The topological polar surface area (TPSA) is 77.3 Å². The smallest absolute Gasteiger partial charge is 0.157 e. The molecule has 7 heteroatoms. The van der Waals surface area contributed by atoms with Crippen LogP contribution in [0.3, 0.4) is 0 Å². The molecule has 2 N–H and O–H groups in total. The van der Waals surface area contributed by atoms with Crippen molar-refractivity contribution in [2.75, 3.05) is 18.8 Å². The summed E-state index contributed by atoms with van der Waals surface area (Å²) in [5.74, 6) is 1.04. The summed E-state index contributed by atoms with van der Waals surface area (Å²) in [7, 11) is 0. The molecule has 3 aromatic heterocycles. The predicted molar refractivity (Wildman–Crippen MR) is 103 cm³/mol. The van der Waals surface area contributed by atoms with Crippen molar-refractivity contribution >= 4 is 17.7 Å². The second-order valence-corrected chi connectivity index (χ2v) is 7.14. The molecular weight excluding hydrogens is 326 g/mol. The Kier molecular flexibility index (Phi) is 4.24. The van der Waals surface area contributed by atoms with Gasteiger partial charge in [0.25, 0.3) is 0 Å². The maximum atomic E-state index is 6.20. The molecule has 26 heavy (non-hydrogen) atoms. The molecule has 4 heterocycles. The summed E-state index contributed by atoms with van der Waals surface area (Å²) in [6.07, 6.45) is 6.08. The molecule has 7 nitrogen and oxygen atoms in total. The summed E-state index contributed by atoms with van der Waals surface area (Å²) < 4.78 is 3.50. The lowest BCUT2D eigenvalue weighted by atomic mass is 9.94. The number of hydrogen-bond acceptors (Lipinski definition) is 5. The average molecular weight is 351 g/mol. The molecule has 0 unspecified atom stereocenters. The van der Waals surface area contributed by atoms with Crippen LogP contribution < -0.4 is 5.73 Å². The van der Waals surface area contributed by atoms with E-state index in [4.69, 9.17) is 10.7 Å². The fraction of sp³-hybridized carbons (Fsp3) is 0.421. The second-order valence-electron chi connectivity index (χ2n) is 7.14. The summed E-state index contributed by atoms with van der Waals surface area (Å²) in [6, 6.07) is 3.96. The van der Waals surface area contributed by atoms with E-state index >= 15 is 0 Å². The van der Waals surface area contributed by atoms with Crippen LogP contribution in [0.4, 0.5) is 5.82 Å². The molecule has 0 aromatic carbocycles. The van der Waals surface area contributed by atoms with Crippen molar-refractivity contribution in [3.63, 3.8) is 0 Å². The molecule has 1 saturated heterocycles. The predicted octanol–water partition coefficient (Wildman–Crippen LogP) is 2.60. The highest BCUT2D eigenvalue weighted by atomic mass is 15.3. The Morgan fingerprint density at radius 1 is 1.31 bits per heavy atom. The van der Waals surface area contributed by atoms with Crippen LogP contribution in [0.5, 0.6) is 0 Å². The van der Waals surface area contributed by atoms with Gasteiger partial charge in [0.1, 0.15) is 5.82 Å². The first-order valence-electron chi connectivity index (χ1n) is 9.06. The van der Waals surface area contributed by atoms with Crippen molar-refractivity contribution in [2.24, 2.45) is 0 Å². The Balaban J connectivity index is 1.54. The van der Waals surface area contributed by atoms with E-state index in [1.807, 2.05) is 19.1 Å². The van der Waals surface area contributed by atoms with Gasteiger partial charge in [-0.3, -0.25) is 4.90 Å². The van der Waals surface area contributed by atoms with Crippen LogP contribution in [-0.2, 0) is 6.54 Å². The van der Waals surface area contributed by atoms with Gasteiger partial charge in [-0.1, -0.05) is 6.58 Å². The van der Waals surface area contributed by atoms with E-state index in [0.29, 0.717) is 11.7 Å². The Morgan fingerprint density at radius 2 is 2.15 bits per heavy atom. The van der Waals surface area contributed by atoms with Crippen LogP contribution in [-0.4, -0.2) is 42.4 Å². The van der Waals surface area contributed by atoms with Gasteiger partial charge in [-0.05, 0) is 33.2 Å². The number of aromatic nitrogens is 5. The molecule has 0 bridgehead atoms. The zero-order valence-corrected chi connectivity index (χ0v) is 15.4. The maximum absolute atomic E-state index is 6.20. The van der Waals surface area contributed by atoms with Gasteiger partial charge < -0.3 is 5.73 Å². The van der Waals surface area contributed by atoms with E-state index in [9.17, 15) is 0 Å². The summed E-state index contributed by atoms with van der Waals surface area (Å²) >= 11 is 0. The molecule has 0 radical (unpaired) electrons. The van der Waals surface area contributed by atoms with E-state index in [-0.39, 0.29) is 0 Å². The number of likely N-dealkylation sites (tertiary alicyclic amines) is 1. The number of piperidine rings is 1. The van der Waals surface area contributed by atoms with E-state index in [1.54, 1.807) is 15.4 Å². The van der Waals surface area contributed by atoms with Gasteiger partial charge in [-0.2, -0.15) is 14.7 Å². The number of nitrogens with zero attached hydrogens (tertiary/aromatic N) is 6. The van der Waals surface area contributed by atoms with Crippen LogP contribution in [0, 0.1) is 13.8 Å². The van der Waals surface area contributed by atoms with Gasteiger partial charge in [0, 0.05) is 49.1 Å². The third kappa shape index (κ3) is 3.10. The molecule has 0 spiro atoms. The first kappa shape index (κ1) is 16.8. The van der Waals surface area contributed by atoms with Gasteiger partial charge in [-0.25, -0.2) is 9.67 Å². The van der Waals surface area contributed by atoms with Crippen molar-refractivity contribution in [3.05, 3.63) is 47.6 Å². The number of nitrogen functional groups attached to an aromatic ring is 1. The van der Waals surface area contributed by atoms with Crippen LogP contribution in [0.1, 0.15) is 41.4 Å². The Labute approximate surface area is 153 Å².